The summed E-state index contributed by atoms with van der Waals surface area (Å²) in [6, 6.07) is 11.5. The van der Waals surface area contributed by atoms with E-state index in [9.17, 15) is 5.11 Å². The lowest BCUT2D eigenvalue weighted by atomic mass is 10.2. The molecule has 0 atom stereocenters. The molecule has 1 heterocycles. The second-order valence-electron chi connectivity index (χ2n) is 5.17. The van der Waals surface area contributed by atoms with Crippen LogP contribution in [0.15, 0.2) is 36.4 Å². The molecule has 0 aliphatic carbocycles. The molecular formula is C16H14ClIN2O. The maximum atomic E-state index is 9.95. The van der Waals surface area contributed by atoms with Gasteiger partial charge in [-0.3, -0.25) is 0 Å². The summed E-state index contributed by atoms with van der Waals surface area (Å²) < 4.78 is 2.93. The van der Waals surface area contributed by atoms with Gasteiger partial charge < -0.3 is 9.67 Å². The van der Waals surface area contributed by atoms with Crippen molar-refractivity contribution in [3.8, 4) is 17.1 Å². The van der Waals surface area contributed by atoms with E-state index >= 15 is 0 Å². The minimum absolute atomic E-state index is 0.214. The third-order valence-corrected chi connectivity index (χ3v) is 4.60. The Balaban J connectivity index is 2.34. The first-order valence-electron chi connectivity index (χ1n) is 6.64. The molecule has 0 saturated heterocycles. The fourth-order valence-corrected chi connectivity index (χ4v) is 3.06. The highest BCUT2D eigenvalue weighted by atomic mass is 127. The Hall–Kier alpha value is -1.27. The lowest BCUT2D eigenvalue weighted by Crippen LogP contribution is -2.03. The molecule has 0 spiro atoms. The van der Waals surface area contributed by atoms with Crippen LogP contribution in [-0.4, -0.2) is 14.7 Å². The maximum Gasteiger partial charge on any atom is 0.141 e. The normalized spacial score (nSPS) is 11.5. The monoisotopic (exact) mass is 412 g/mol. The van der Waals surface area contributed by atoms with Gasteiger partial charge in [0, 0.05) is 11.6 Å². The average Bonchev–Trinajstić information content (AvgIpc) is 2.83. The van der Waals surface area contributed by atoms with Gasteiger partial charge in [0.05, 0.1) is 19.6 Å². The van der Waals surface area contributed by atoms with Gasteiger partial charge in [-0.25, -0.2) is 4.98 Å². The van der Waals surface area contributed by atoms with Crippen LogP contribution in [0.25, 0.3) is 22.4 Å². The van der Waals surface area contributed by atoms with Crippen LogP contribution >= 0.6 is 34.2 Å². The molecule has 0 aliphatic rings. The fraction of sp³-hybridized carbons (Fsp3) is 0.188. The van der Waals surface area contributed by atoms with E-state index in [-0.39, 0.29) is 11.8 Å². The number of imidazole rings is 1. The topological polar surface area (TPSA) is 38.0 Å². The highest BCUT2D eigenvalue weighted by Gasteiger charge is 2.17. The summed E-state index contributed by atoms with van der Waals surface area (Å²) in [7, 11) is 0. The smallest absolute Gasteiger partial charge is 0.141 e. The molecule has 3 rings (SSSR count). The zero-order chi connectivity index (χ0) is 15.1. The van der Waals surface area contributed by atoms with Crippen LogP contribution in [-0.2, 0) is 0 Å². The maximum absolute atomic E-state index is 9.95. The van der Waals surface area contributed by atoms with E-state index in [4.69, 9.17) is 16.6 Å². The molecule has 0 unspecified atom stereocenters. The Morgan fingerprint density at radius 2 is 2.00 bits per heavy atom. The first-order valence-corrected chi connectivity index (χ1v) is 8.10. The highest BCUT2D eigenvalue weighted by Crippen LogP contribution is 2.34. The number of halogens is 2. The number of phenols is 1. The summed E-state index contributed by atoms with van der Waals surface area (Å²) in [4.78, 5) is 4.70. The largest absolute Gasteiger partial charge is 0.507 e. The number of para-hydroxylation sites is 1. The van der Waals surface area contributed by atoms with Crippen molar-refractivity contribution in [1.82, 2.24) is 9.55 Å². The Morgan fingerprint density at radius 3 is 2.67 bits per heavy atom. The summed E-state index contributed by atoms with van der Waals surface area (Å²) in [6.07, 6.45) is 0. The molecule has 0 bridgehead atoms. The number of hydrogen-bond donors (Lipinski definition) is 1. The minimum atomic E-state index is 0.214. The van der Waals surface area contributed by atoms with Gasteiger partial charge in [0.15, 0.2) is 0 Å². The Labute approximate surface area is 141 Å². The molecular weight excluding hydrogens is 399 g/mol. The number of rotatable bonds is 2. The van der Waals surface area contributed by atoms with Gasteiger partial charge in [-0.15, -0.1) is 0 Å². The number of aromatic nitrogens is 2. The van der Waals surface area contributed by atoms with Crippen molar-refractivity contribution in [3.05, 3.63) is 45.0 Å². The molecule has 3 aromatic rings. The quantitative estimate of drug-likeness (QED) is 0.584. The third-order valence-electron chi connectivity index (χ3n) is 3.38. The van der Waals surface area contributed by atoms with Crippen molar-refractivity contribution < 1.29 is 5.11 Å². The van der Waals surface area contributed by atoms with E-state index in [0.717, 1.165) is 26.0 Å². The van der Waals surface area contributed by atoms with Gasteiger partial charge in [-0.05, 0) is 66.8 Å². The predicted octanol–water partition coefficient (Wildman–Crippen LogP) is 5.25. The molecule has 0 fully saturated rings. The first kappa shape index (κ1) is 14.7. The van der Waals surface area contributed by atoms with Crippen molar-refractivity contribution in [3.63, 3.8) is 0 Å². The van der Waals surface area contributed by atoms with Crippen LogP contribution in [0.5, 0.6) is 5.75 Å². The van der Waals surface area contributed by atoms with Crippen molar-refractivity contribution in [2.45, 2.75) is 19.9 Å². The van der Waals surface area contributed by atoms with Gasteiger partial charge in [0.25, 0.3) is 0 Å². The molecule has 1 N–H and O–H groups in total. The molecule has 0 aliphatic heterocycles. The number of phenolic OH excluding ortho intramolecular Hbond substituents is 1. The Kier molecular flexibility index (Phi) is 3.84. The molecule has 0 radical (unpaired) electrons. The van der Waals surface area contributed by atoms with Gasteiger partial charge in [-0.1, -0.05) is 17.7 Å². The number of benzene rings is 2. The van der Waals surface area contributed by atoms with Crippen LogP contribution in [0.3, 0.4) is 0 Å². The van der Waals surface area contributed by atoms with Crippen LogP contribution in [0.4, 0.5) is 0 Å². The van der Waals surface area contributed by atoms with E-state index in [2.05, 4.69) is 41.0 Å². The summed E-state index contributed by atoms with van der Waals surface area (Å²) in [5, 5.41) is 10.6. The van der Waals surface area contributed by atoms with Gasteiger partial charge in [0.2, 0.25) is 0 Å². The zero-order valence-corrected chi connectivity index (χ0v) is 14.6. The highest BCUT2D eigenvalue weighted by molar-refractivity contribution is 14.1. The number of nitrogens with zero attached hydrogens (tertiary/aromatic N) is 2. The van der Waals surface area contributed by atoms with Gasteiger partial charge in [0.1, 0.15) is 11.6 Å². The fourth-order valence-electron chi connectivity index (χ4n) is 2.46. The molecule has 1 aromatic heterocycles. The van der Waals surface area contributed by atoms with E-state index < -0.39 is 0 Å². The Morgan fingerprint density at radius 1 is 1.24 bits per heavy atom. The molecule has 5 heteroatoms. The standard InChI is InChI=1S/C16H14ClIN2O/c1-9(2)20-15-11(17)4-3-5-13(15)19-16(20)10-6-7-12(18)14(21)8-10/h3-9,21H,1-2H3. The number of aromatic hydroxyl groups is 1. The van der Waals surface area contributed by atoms with Crippen LogP contribution < -0.4 is 0 Å². The van der Waals surface area contributed by atoms with E-state index in [1.807, 2.05) is 30.3 Å². The second kappa shape index (κ2) is 5.50. The van der Waals surface area contributed by atoms with Crippen LogP contribution in [0.2, 0.25) is 5.02 Å². The molecule has 2 aromatic carbocycles. The summed E-state index contributed by atoms with van der Waals surface area (Å²) in [6.45, 7) is 4.20. The second-order valence-corrected chi connectivity index (χ2v) is 6.74. The first-order chi connectivity index (χ1) is 9.99. The van der Waals surface area contributed by atoms with Crippen molar-refractivity contribution in [2.75, 3.05) is 0 Å². The van der Waals surface area contributed by atoms with E-state index in [1.165, 1.54) is 0 Å². The SMILES string of the molecule is CC(C)n1c(-c2ccc(I)c(O)c2)nc2cccc(Cl)c21. The minimum Gasteiger partial charge on any atom is -0.507 e. The van der Waals surface area contributed by atoms with Crippen LogP contribution in [0, 0.1) is 3.57 Å². The molecule has 3 nitrogen and oxygen atoms in total. The molecule has 21 heavy (non-hydrogen) atoms. The molecule has 108 valence electrons. The third kappa shape index (κ3) is 2.51. The lowest BCUT2D eigenvalue weighted by Gasteiger charge is -2.14. The average molecular weight is 413 g/mol. The van der Waals surface area contributed by atoms with Crippen molar-refractivity contribution in [2.24, 2.45) is 0 Å². The Bertz CT molecular complexity index is 827. The number of hydrogen-bond acceptors (Lipinski definition) is 2. The van der Waals surface area contributed by atoms with Gasteiger partial charge >= 0.3 is 0 Å². The molecule has 0 amide bonds. The zero-order valence-electron chi connectivity index (χ0n) is 11.6. The van der Waals surface area contributed by atoms with E-state index in [0.29, 0.717) is 5.02 Å². The summed E-state index contributed by atoms with van der Waals surface area (Å²) in [5.41, 5.74) is 2.68. The summed E-state index contributed by atoms with van der Waals surface area (Å²) >= 11 is 8.46. The van der Waals surface area contributed by atoms with Gasteiger partial charge in [-0.2, -0.15) is 0 Å². The van der Waals surface area contributed by atoms with Crippen molar-refractivity contribution >= 4 is 45.2 Å². The summed E-state index contributed by atoms with van der Waals surface area (Å²) in [5.74, 6) is 1.08. The number of fused-ring (bicyclic) bond motifs is 1. The lowest BCUT2D eigenvalue weighted by molar-refractivity contribution is 0.471. The van der Waals surface area contributed by atoms with E-state index in [1.54, 1.807) is 6.07 Å². The molecule has 0 saturated carbocycles. The predicted molar refractivity (Wildman–Crippen MR) is 94.9 cm³/mol. The van der Waals surface area contributed by atoms with Crippen LogP contribution in [0.1, 0.15) is 19.9 Å². The van der Waals surface area contributed by atoms with Crippen molar-refractivity contribution in [1.29, 1.82) is 0 Å².